The highest BCUT2D eigenvalue weighted by Crippen LogP contribution is 2.27. The molecule has 0 aliphatic carbocycles. The van der Waals surface area contributed by atoms with Gasteiger partial charge in [0.25, 0.3) is 0 Å². The molecule has 2 aromatic carbocycles. The highest BCUT2D eigenvalue weighted by atomic mass is 16.5. The average Bonchev–Trinajstić information content (AvgIpc) is 2.60. The van der Waals surface area contributed by atoms with Crippen molar-refractivity contribution in [3.63, 3.8) is 0 Å². The molecule has 0 saturated heterocycles. The number of methoxy groups -OCH3 is 2. The maximum Gasteiger partial charge on any atom is 0.234 e. The molecule has 2 aromatic rings. The van der Waals surface area contributed by atoms with Crippen LogP contribution in [0.5, 0.6) is 11.5 Å². The van der Waals surface area contributed by atoms with Gasteiger partial charge in [0.15, 0.2) is 11.5 Å². The highest BCUT2D eigenvalue weighted by molar-refractivity contribution is 5.77. The van der Waals surface area contributed by atoms with Crippen LogP contribution in [0.2, 0.25) is 0 Å². The van der Waals surface area contributed by atoms with E-state index in [1.807, 2.05) is 60.5 Å². The first-order valence-electron chi connectivity index (χ1n) is 7.82. The first-order valence-corrected chi connectivity index (χ1v) is 7.82. The molecule has 1 N–H and O–H groups in total. The summed E-state index contributed by atoms with van der Waals surface area (Å²) in [6, 6.07) is 15.6. The van der Waals surface area contributed by atoms with Crippen molar-refractivity contribution in [2.75, 3.05) is 27.8 Å². The normalized spacial score (nSPS) is 10.5. The van der Waals surface area contributed by atoms with E-state index in [9.17, 15) is 4.79 Å². The third-order valence-corrected chi connectivity index (χ3v) is 3.65. The van der Waals surface area contributed by atoms with Gasteiger partial charge in [0.1, 0.15) is 0 Å². The Morgan fingerprint density at radius 2 is 1.71 bits per heavy atom. The van der Waals surface area contributed by atoms with E-state index in [-0.39, 0.29) is 5.91 Å². The molecule has 0 unspecified atom stereocenters. The van der Waals surface area contributed by atoms with E-state index < -0.39 is 0 Å². The molecule has 5 heteroatoms. The van der Waals surface area contributed by atoms with Gasteiger partial charge in [0.05, 0.1) is 20.8 Å². The highest BCUT2D eigenvalue weighted by Gasteiger charge is 2.09. The van der Waals surface area contributed by atoms with E-state index in [0.29, 0.717) is 31.1 Å². The molecule has 0 bridgehead atoms. The zero-order chi connectivity index (χ0) is 17.4. The number of ether oxygens (including phenoxy) is 2. The molecular weight excluding hydrogens is 304 g/mol. The molecule has 0 spiro atoms. The standard InChI is InChI=1S/C19H24N2O3/c1-21(13-16-9-10-17(23-2)18(11-16)24-3)14-19(22)20-12-15-7-5-4-6-8-15/h4-11H,12-14H2,1-3H3,(H,20,22). The Balaban J connectivity index is 1.84. The Hall–Kier alpha value is -2.53. The average molecular weight is 328 g/mol. The molecule has 0 aliphatic rings. The van der Waals surface area contributed by atoms with Crippen molar-refractivity contribution >= 4 is 5.91 Å². The Morgan fingerprint density at radius 1 is 1.00 bits per heavy atom. The molecule has 5 nitrogen and oxygen atoms in total. The van der Waals surface area contributed by atoms with Gasteiger partial charge >= 0.3 is 0 Å². The van der Waals surface area contributed by atoms with Gasteiger partial charge in [-0.15, -0.1) is 0 Å². The van der Waals surface area contributed by atoms with Crippen LogP contribution in [0.25, 0.3) is 0 Å². The van der Waals surface area contributed by atoms with Crippen molar-refractivity contribution in [3.05, 3.63) is 59.7 Å². The van der Waals surface area contributed by atoms with Crippen LogP contribution in [-0.4, -0.2) is 38.6 Å². The fraction of sp³-hybridized carbons (Fsp3) is 0.316. The summed E-state index contributed by atoms with van der Waals surface area (Å²) < 4.78 is 10.5. The number of hydrogen-bond acceptors (Lipinski definition) is 4. The number of carbonyl (C=O) groups excluding carboxylic acids is 1. The maximum absolute atomic E-state index is 12.0. The van der Waals surface area contributed by atoms with Crippen LogP contribution in [0, 0.1) is 0 Å². The van der Waals surface area contributed by atoms with Crippen LogP contribution in [0.3, 0.4) is 0 Å². The van der Waals surface area contributed by atoms with Crippen molar-refractivity contribution < 1.29 is 14.3 Å². The third-order valence-electron chi connectivity index (χ3n) is 3.65. The Morgan fingerprint density at radius 3 is 2.38 bits per heavy atom. The van der Waals surface area contributed by atoms with Gasteiger partial charge in [0, 0.05) is 13.1 Å². The second-order valence-electron chi connectivity index (χ2n) is 5.62. The number of benzene rings is 2. The zero-order valence-electron chi connectivity index (χ0n) is 14.4. The number of carbonyl (C=O) groups is 1. The summed E-state index contributed by atoms with van der Waals surface area (Å²) in [5, 5.41) is 2.93. The van der Waals surface area contributed by atoms with Crippen molar-refractivity contribution in [3.8, 4) is 11.5 Å². The zero-order valence-corrected chi connectivity index (χ0v) is 14.4. The monoisotopic (exact) mass is 328 g/mol. The van der Waals surface area contributed by atoms with E-state index >= 15 is 0 Å². The number of likely N-dealkylation sites (N-methyl/N-ethyl adjacent to an activating group) is 1. The van der Waals surface area contributed by atoms with Crippen LogP contribution in [0.4, 0.5) is 0 Å². The minimum Gasteiger partial charge on any atom is -0.493 e. The fourth-order valence-corrected chi connectivity index (χ4v) is 2.44. The van der Waals surface area contributed by atoms with Crippen LogP contribution in [0.15, 0.2) is 48.5 Å². The number of rotatable bonds is 8. The quantitative estimate of drug-likeness (QED) is 0.809. The first kappa shape index (κ1) is 17.8. The van der Waals surface area contributed by atoms with E-state index in [1.165, 1.54) is 0 Å². The molecule has 0 aromatic heterocycles. The molecule has 0 heterocycles. The minimum atomic E-state index is 0.00169. The summed E-state index contributed by atoms with van der Waals surface area (Å²) in [6.45, 7) is 1.53. The van der Waals surface area contributed by atoms with Crippen molar-refractivity contribution in [2.24, 2.45) is 0 Å². The molecule has 0 fully saturated rings. The summed E-state index contributed by atoms with van der Waals surface area (Å²) in [5.74, 6) is 1.39. The lowest BCUT2D eigenvalue weighted by Crippen LogP contribution is -2.34. The van der Waals surface area contributed by atoms with Crippen LogP contribution >= 0.6 is 0 Å². The molecule has 1 amide bonds. The second kappa shape index (κ2) is 8.93. The second-order valence-corrected chi connectivity index (χ2v) is 5.62. The number of amides is 1. The first-order chi connectivity index (χ1) is 11.6. The lowest BCUT2D eigenvalue weighted by molar-refractivity contribution is -0.122. The number of nitrogens with zero attached hydrogens (tertiary/aromatic N) is 1. The predicted molar refractivity (Wildman–Crippen MR) is 94.2 cm³/mol. The van der Waals surface area contributed by atoms with Crippen molar-refractivity contribution in [1.29, 1.82) is 0 Å². The molecular formula is C19H24N2O3. The Kier molecular flexibility index (Phi) is 6.63. The predicted octanol–water partition coefficient (Wildman–Crippen LogP) is 2.45. The van der Waals surface area contributed by atoms with E-state index in [4.69, 9.17) is 9.47 Å². The van der Waals surface area contributed by atoms with Crippen LogP contribution in [0.1, 0.15) is 11.1 Å². The fourth-order valence-electron chi connectivity index (χ4n) is 2.44. The van der Waals surface area contributed by atoms with Gasteiger partial charge in [-0.3, -0.25) is 9.69 Å². The summed E-state index contributed by atoms with van der Waals surface area (Å²) in [6.07, 6.45) is 0. The minimum absolute atomic E-state index is 0.00169. The Labute approximate surface area is 143 Å². The molecule has 0 radical (unpaired) electrons. The van der Waals surface area contributed by atoms with Gasteiger partial charge in [0.2, 0.25) is 5.91 Å². The van der Waals surface area contributed by atoms with Gasteiger partial charge < -0.3 is 14.8 Å². The lowest BCUT2D eigenvalue weighted by atomic mass is 10.2. The van der Waals surface area contributed by atoms with Crippen molar-refractivity contribution in [1.82, 2.24) is 10.2 Å². The van der Waals surface area contributed by atoms with Gasteiger partial charge in [-0.2, -0.15) is 0 Å². The molecule has 128 valence electrons. The van der Waals surface area contributed by atoms with E-state index in [1.54, 1.807) is 14.2 Å². The van der Waals surface area contributed by atoms with Gasteiger partial charge in [-0.05, 0) is 30.3 Å². The van der Waals surface area contributed by atoms with Crippen LogP contribution < -0.4 is 14.8 Å². The van der Waals surface area contributed by atoms with E-state index in [0.717, 1.165) is 11.1 Å². The SMILES string of the molecule is COc1ccc(CN(C)CC(=O)NCc2ccccc2)cc1OC. The number of nitrogens with one attached hydrogen (secondary N) is 1. The van der Waals surface area contributed by atoms with Crippen LogP contribution in [-0.2, 0) is 17.9 Å². The Bertz CT molecular complexity index is 659. The lowest BCUT2D eigenvalue weighted by Gasteiger charge is -2.17. The summed E-state index contributed by atoms with van der Waals surface area (Å²) in [5.41, 5.74) is 2.15. The molecule has 0 saturated carbocycles. The van der Waals surface area contributed by atoms with Gasteiger partial charge in [-0.25, -0.2) is 0 Å². The molecule has 2 rings (SSSR count). The van der Waals surface area contributed by atoms with Crippen molar-refractivity contribution in [2.45, 2.75) is 13.1 Å². The van der Waals surface area contributed by atoms with E-state index in [2.05, 4.69) is 5.32 Å². The maximum atomic E-state index is 12.0. The summed E-state index contributed by atoms with van der Waals surface area (Å²) in [7, 11) is 5.14. The largest absolute Gasteiger partial charge is 0.493 e. The topological polar surface area (TPSA) is 50.8 Å². The third kappa shape index (κ3) is 5.28. The number of hydrogen-bond donors (Lipinski definition) is 1. The molecule has 0 aliphatic heterocycles. The smallest absolute Gasteiger partial charge is 0.234 e. The summed E-state index contributed by atoms with van der Waals surface area (Å²) in [4.78, 5) is 14.0. The summed E-state index contributed by atoms with van der Waals surface area (Å²) >= 11 is 0. The molecule has 0 atom stereocenters. The van der Waals surface area contributed by atoms with Gasteiger partial charge in [-0.1, -0.05) is 36.4 Å². The molecule has 24 heavy (non-hydrogen) atoms.